The molecular weight excluding hydrogens is 484 g/mol. The van der Waals surface area contributed by atoms with Crippen molar-refractivity contribution in [3.05, 3.63) is 76.5 Å². The third-order valence-corrected chi connectivity index (χ3v) is 6.19. The van der Waals surface area contributed by atoms with E-state index in [1.807, 2.05) is 71.3 Å². The molecule has 3 aromatic carbocycles. The molecule has 10 heteroatoms. The highest BCUT2D eigenvalue weighted by Crippen LogP contribution is 2.26. The molecule has 5 rings (SSSR count). The molecule has 3 N–H and O–H groups in total. The first-order valence-electron chi connectivity index (χ1n) is 10.9. The molecule has 0 aliphatic heterocycles. The molecule has 5 aromatic rings. The molecule has 0 bridgehead atoms. The molecule has 0 unspecified atom stereocenters. The van der Waals surface area contributed by atoms with E-state index in [-0.39, 0.29) is 12.3 Å². The first-order chi connectivity index (χ1) is 17.0. The number of anilines is 1. The van der Waals surface area contributed by atoms with E-state index >= 15 is 0 Å². The van der Waals surface area contributed by atoms with Crippen LogP contribution in [0.1, 0.15) is 6.42 Å². The number of methoxy groups -OCH3 is 1. The highest BCUT2D eigenvalue weighted by molar-refractivity contribution is 7.71. The molecule has 2 heterocycles. The highest BCUT2D eigenvalue weighted by atomic mass is 35.5. The molecular formula is C25H21ClN6O2S. The number of carbonyl (C=O) groups is 1. The summed E-state index contributed by atoms with van der Waals surface area (Å²) in [4.78, 5) is 20.5. The fraction of sp³-hybridized carbons (Fsp3) is 0.120. The Hall–Kier alpha value is -3.95. The van der Waals surface area contributed by atoms with E-state index in [9.17, 15) is 4.79 Å². The van der Waals surface area contributed by atoms with Gasteiger partial charge in [0.2, 0.25) is 5.91 Å². The van der Waals surface area contributed by atoms with Crippen LogP contribution >= 0.6 is 23.8 Å². The maximum Gasteiger partial charge on any atom is 0.226 e. The number of hydrogen-bond acceptors (Lipinski definition) is 5. The number of halogens is 1. The van der Waals surface area contributed by atoms with Crippen molar-refractivity contribution in [2.24, 2.45) is 0 Å². The summed E-state index contributed by atoms with van der Waals surface area (Å²) in [5.41, 5.74) is 4.06. The summed E-state index contributed by atoms with van der Waals surface area (Å²) in [5, 5.41) is 10.7. The van der Waals surface area contributed by atoms with Crippen molar-refractivity contribution in [3.8, 4) is 28.5 Å². The largest absolute Gasteiger partial charge is 0.497 e. The van der Waals surface area contributed by atoms with Gasteiger partial charge in [-0.3, -0.25) is 14.5 Å². The van der Waals surface area contributed by atoms with Crippen LogP contribution in [-0.2, 0) is 11.3 Å². The lowest BCUT2D eigenvalue weighted by Crippen LogP contribution is -2.15. The number of H-pyrrole nitrogens is 2. The average Bonchev–Trinajstić information content (AvgIpc) is 3.48. The van der Waals surface area contributed by atoms with Crippen LogP contribution in [0.25, 0.3) is 33.8 Å². The summed E-state index contributed by atoms with van der Waals surface area (Å²) < 4.78 is 7.48. The molecule has 0 aliphatic rings. The van der Waals surface area contributed by atoms with Gasteiger partial charge < -0.3 is 15.0 Å². The van der Waals surface area contributed by atoms with E-state index in [4.69, 9.17) is 28.6 Å². The lowest BCUT2D eigenvalue weighted by molar-refractivity contribution is -0.116. The molecule has 0 spiro atoms. The molecule has 1 amide bonds. The third kappa shape index (κ3) is 4.82. The smallest absolute Gasteiger partial charge is 0.226 e. The van der Waals surface area contributed by atoms with Gasteiger partial charge in [0.25, 0.3) is 0 Å². The molecule has 35 heavy (non-hydrogen) atoms. The number of hydrogen-bond donors (Lipinski definition) is 3. The quantitative estimate of drug-likeness (QED) is 0.242. The van der Waals surface area contributed by atoms with Crippen LogP contribution in [0.2, 0.25) is 5.02 Å². The Balaban J connectivity index is 1.24. The van der Waals surface area contributed by atoms with Crippen molar-refractivity contribution < 1.29 is 9.53 Å². The Bertz CT molecular complexity index is 1550. The Morgan fingerprint density at radius 2 is 1.83 bits per heavy atom. The summed E-state index contributed by atoms with van der Waals surface area (Å²) in [5.74, 6) is 2.01. The Morgan fingerprint density at radius 1 is 1.09 bits per heavy atom. The SMILES string of the molecule is COc1ccc(-c2n[nH]c(=S)n2CCC(=O)Nc2ccc(-c3nc4c(Cl)cccc4[nH]3)cc2)cc1. The summed E-state index contributed by atoms with van der Waals surface area (Å²) in [7, 11) is 1.62. The van der Waals surface area contributed by atoms with E-state index in [1.54, 1.807) is 7.11 Å². The number of para-hydroxylation sites is 1. The summed E-state index contributed by atoms with van der Waals surface area (Å²) in [6.07, 6.45) is 0.237. The first-order valence-corrected chi connectivity index (χ1v) is 11.6. The van der Waals surface area contributed by atoms with Gasteiger partial charge in [-0.15, -0.1) is 0 Å². The van der Waals surface area contributed by atoms with Gasteiger partial charge in [0.1, 0.15) is 17.1 Å². The number of carbonyl (C=O) groups excluding carboxylic acids is 1. The van der Waals surface area contributed by atoms with Crippen molar-refractivity contribution in [2.45, 2.75) is 13.0 Å². The number of rotatable bonds is 7. The second-order valence-corrected chi connectivity index (χ2v) is 8.62. The molecule has 176 valence electrons. The van der Waals surface area contributed by atoms with Gasteiger partial charge in [-0.1, -0.05) is 17.7 Å². The van der Waals surface area contributed by atoms with Crippen molar-refractivity contribution in [1.29, 1.82) is 0 Å². The number of aromatic amines is 2. The van der Waals surface area contributed by atoms with Gasteiger partial charge in [0, 0.05) is 29.8 Å². The average molecular weight is 505 g/mol. The second-order valence-electron chi connectivity index (χ2n) is 7.83. The van der Waals surface area contributed by atoms with E-state index < -0.39 is 0 Å². The van der Waals surface area contributed by atoms with Crippen LogP contribution in [-0.4, -0.2) is 37.7 Å². The maximum atomic E-state index is 12.6. The lowest BCUT2D eigenvalue weighted by Gasteiger charge is -2.09. The van der Waals surface area contributed by atoms with Crippen molar-refractivity contribution in [2.75, 3.05) is 12.4 Å². The van der Waals surface area contributed by atoms with E-state index in [0.29, 0.717) is 33.7 Å². The zero-order valence-electron chi connectivity index (χ0n) is 18.7. The molecule has 0 radical (unpaired) electrons. The number of aromatic nitrogens is 5. The normalized spacial score (nSPS) is 11.0. The van der Waals surface area contributed by atoms with E-state index in [0.717, 1.165) is 27.9 Å². The summed E-state index contributed by atoms with van der Waals surface area (Å²) in [6.45, 7) is 0.389. The number of nitrogens with one attached hydrogen (secondary N) is 3. The van der Waals surface area contributed by atoms with Crippen LogP contribution in [0, 0.1) is 4.77 Å². The molecule has 0 aliphatic carbocycles. The number of fused-ring (bicyclic) bond motifs is 1. The number of amides is 1. The van der Waals surface area contributed by atoms with Gasteiger partial charge in [0.15, 0.2) is 10.6 Å². The van der Waals surface area contributed by atoms with Crippen LogP contribution in [0.5, 0.6) is 5.75 Å². The Morgan fingerprint density at radius 3 is 2.54 bits per heavy atom. The Kier molecular flexibility index (Phi) is 6.35. The van der Waals surface area contributed by atoms with Gasteiger partial charge in [0.05, 0.1) is 17.6 Å². The standard InChI is InChI=1S/C25H21ClN6O2S/c1-34-18-11-7-16(8-12-18)24-30-31-25(35)32(24)14-13-21(33)27-17-9-5-15(6-10-17)23-28-20-4-2-3-19(26)22(20)29-23/h2-12H,13-14H2,1H3,(H,27,33)(H,28,29)(H,31,35). The van der Waals surface area contributed by atoms with Crippen molar-refractivity contribution in [1.82, 2.24) is 24.7 Å². The number of nitrogens with zero attached hydrogens (tertiary/aromatic N) is 3. The number of benzene rings is 3. The second kappa shape index (κ2) is 9.73. The van der Waals surface area contributed by atoms with Gasteiger partial charge in [-0.05, 0) is 72.9 Å². The molecule has 0 fully saturated rings. The van der Waals surface area contributed by atoms with Gasteiger partial charge >= 0.3 is 0 Å². The van der Waals surface area contributed by atoms with E-state index in [2.05, 4.69) is 25.5 Å². The number of imidazole rings is 1. The van der Waals surface area contributed by atoms with E-state index in [1.165, 1.54) is 0 Å². The molecule has 2 aromatic heterocycles. The molecule has 8 nitrogen and oxygen atoms in total. The highest BCUT2D eigenvalue weighted by Gasteiger charge is 2.12. The van der Waals surface area contributed by atoms with Gasteiger partial charge in [-0.2, -0.15) is 5.10 Å². The summed E-state index contributed by atoms with van der Waals surface area (Å²) >= 11 is 11.6. The molecule has 0 atom stereocenters. The Labute approximate surface area is 210 Å². The predicted molar refractivity (Wildman–Crippen MR) is 139 cm³/mol. The van der Waals surface area contributed by atoms with Crippen LogP contribution in [0.3, 0.4) is 0 Å². The minimum Gasteiger partial charge on any atom is -0.497 e. The maximum absolute atomic E-state index is 12.6. The fourth-order valence-corrected chi connectivity index (χ4v) is 4.21. The summed E-state index contributed by atoms with van der Waals surface area (Å²) in [6, 6.07) is 20.6. The van der Waals surface area contributed by atoms with Gasteiger partial charge in [-0.25, -0.2) is 4.98 Å². The predicted octanol–water partition coefficient (Wildman–Crippen LogP) is 5.84. The molecule has 0 saturated carbocycles. The van der Waals surface area contributed by atoms with Crippen molar-refractivity contribution >= 4 is 46.4 Å². The zero-order chi connectivity index (χ0) is 24.4. The molecule has 0 saturated heterocycles. The zero-order valence-corrected chi connectivity index (χ0v) is 20.3. The van der Waals surface area contributed by atoms with Crippen LogP contribution in [0.15, 0.2) is 66.7 Å². The fourth-order valence-electron chi connectivity index (χ4n) is 3.77. The van der Waals surface area contributed by atoms with Crippen LogP contribution in [0.4, 0.5) is 5.69 Å². The van der Waals surface area contributed by atoms with Crippen molar-refractivity contribution in [3.63, 3.8) is 0 Å². The third-order valence-electron chi connectivity index (χ3n) is 5.57. The minimum atomic E-state index is -0.128. The topological polar surface area (TPSA) is 101 Å². The monoisotopic (exact) mass is 504 g/mol. The lowest BCUT2D eigenvalue weighted by atomic mass is 10.2. The minimum absolute atomic E-state index is 0.128. The van der Waals surface area contributed by atoms with Crippen LogP contribution < -0.4 is 10.1 Å². The number of ether oxygens (including phenoxy) is 1. The first kappa shape index (κ1) is 22.8.